The van der Waals surface area contributed by atoms with Crippen molar-refractivity contribution < 1.29 is 21.6 Å². The van der Waals surface area contributed by atoms with E-state index >= 15 is 0 Å². The molecule has 0 aliphatic heterocycles. The summed E-state index contributed by atoms with van der Waals surface area (Å²) in [6.45, 7) is 13.0. The lowest BCUT2D eigenvalue weighted by Crippen LogP contribution is -2.43. The zero-order valence-corrected chi connectivity index (χ0v) is 21.9. The van der Waals surface area contributed by atoms with Crippen LogP contribution in [0, 0.1) is 11.5 Å². The third-order valence-corrected chi connectivity index (χ3v) is 14.4. The molecule has 0 aromatic heterocycles. The van der Waals surface area contributed by atoms with Gasteiger partial charge in [0.05, 0.1) is 0 Å². The van der Waals surface area contributed by atoms with Gasteiger partial charge < -0.3 is 5.73 Å². The largest absolute Gasteiger partial charge is 0.498 e. The van der Waals surface area contributed by atoms with Gasteiger partial charge in [0.25, 0.3) is 9.84 Å². The van der Waals surface area contributed by atoms with Crippen molar-refractivity contribution in [1.29, 1.82) is 0 Å². The van der Waals surface area contributed by atoms with Gasteiger partial charge in [0.15, 0.2) is 0 Å². The van der Waals surface area contributed by atoms with Gasteiger partial charge in [0, 0.05) is 15.6 Å². The van der Waals surface area contributed by atoms with E-state index < -0.39 is 35.2 Å². The predicted molar refractivity (Wildman–Crippen MR) is 126 cm³/mol. The average Bonchev–Trinajstić information content (AvgIpc) is 2.58. The van der Waals surface area contributed by atoms with Gasteiger partial charge in [0.2, 0.25) is 0 Å². The highest BCUT2D eigenvalue weighted by Gasteiger charge is 2.49. The molecule has 1 aromatic rings. The van der Waals surface area contributed by atoms with Crippen molar-refractivity contribution >= 4 is 41.1 Å². The summed E-state index contributed by atoms with van der Waals surface area (Å²) in [7, 11) is -7.55. The molecule has 10 heteroatoms. The molecule has 0 radical (unpaired) electrons. The van der Waals surface area contributed by atoms with Gasteiger partial charge in [0.1, 0.15) is 13.4 Å². The van der Waals surface area contributed by atoms with E-state index in [4.69, 9.17) is 28.9 Å². The molecule has 1 unspecified atom stereocenters. The van der Waals surface area contributed by atoms with E-state index in [0.29, 0.717) is 32.8 Å². The molecule has 0 aliphatic carbocycles. The summed E-state index contributed by atoms with van der Waals surface area (Å²) in [4.78, 5) is 0. The lowest BCUT2D eigenvalue weighted by Gasteiger charge is -2.38. The number of hydrogen-bond donors (Lipinski definition) is 1. The van der Waals surface area contributed by atoms with Gasteiger partial charge in [-0.3, -0.25) is 0 Å². The molecule has 0 amide bonds. The maximum Gasteiger partial charge on any atom is 0.498 e. The second kappa shape index (κ2) is 10.5. The Morgan fingerprint density at radius 3 is 1.94 bits per heavy atom. The van der Waals surface area contributed by atoms with Crippen molar-refractivity contribution in [1.82, 2.24) is 0 Å². The fraction of sp³-hybridized carbons (Fsp3) is 0.619. The summed E-state index contributed by atoms with van der Waals surface area (Å²) in [5.41, 5.74) is 5.57. The van der Waals surface area contributed by atoms with Crippen LogP contribution in [0.5, 0.6) is 0 Å². The zero-order chi connectivity index (χ0) is 24.4. The first-order chi connectivity index (χ1) is 14.0. The summed E-state index contributed by atoms with van der Waals surface area (Å²) >= 11 is 12.5. The van der Waals surface area contributed by atoms with E-state index in [9.17, 15) is 21.6 Å². The van der Waals surface area contributed by atoms with Gasteiger partial charge in [-0.2, -0.15) is 13.2 Å². The van der Waals surface area contributed by atoms with E-state index in [1.807, 2.05) is 0 Å². The lowest BCUT2D eigenvalue weighted by atomic mass is 10.0. The molecule has 0 aliphatic rings. The van der Waals surface area contributed by atoms with Gasteiger partial charge in [-0.25, -0.2) is 8.42 Å². The second-order valence-corrected chi connectivity index (χ2v) is 17.2. The van der Waals surface area contributed by atoms with Crippen LogP contribution in [-0.4, -0.2) is 27.4 Å². The predicted octanol–water partition coefficient (Wildman–Crippen LogP) is 6.71. The normalized spacial score (nSPS) is 14.2. The van der Waals surface area contributed by atoms with Crippen LogP contribution in [0.3, 0.4) is 0 Å². The number of halogens is 5. The minimum absolute atomic E-state index is 0.0733. The molecule has 176 valence electrons. The Labute approximate surface area is 194 Å². The summed E-state index contributed by atoms with van der Waals surface area (Å²) in [5.74, 6) is 3.20. The van der Waals surface area contributed by atoms with Crippen molar-refractivity contribution in [2.45, 2.75) is 81.9 Å². The summed E-state index contributed by atoms with van der Waals surface area (Å²) in [6, 6.07) is 3.07. The van der Waals surface area contributed by atoms with Gasteiger partial charge >= 0.3 is 5.51 Å². The Kier molecular flexibility index (Phi) is 9.56. The third kappa shape index (κ3) is 6.20. The van der Waals surface area contributed by atoms with Crippen molar-refractivity contribution in [3.05, 3.63) is 33.3 Å². The summed E-state index contributed by atoms with van der Waals surface area (Å²) in [5, 5.41) is -1.52. The van der Waals surface area contributed by atoms with Crippen LogP contribution < -0.4 is 5.73 Å². The van der Waals surface area contributed by atoms with Crippen molar-refractivity contribution in [3.63, 3.8) is 0 Å². The molecule has 0 fully saturated rings. The quantitative estimate of drug-likeness (QED) is 0.324. The number of hydrogen-bond acceptors (Lipinski definition) is 3. The molecule has 0 saturated carbocycles. The Morgan fingerprint density at radius 2 is 1.52 bits per heavy atom. The fourth-order valence-electron chi connectivity index (χ4n) is 4.19. The van der Waals surface area contributed by atoms with Crippen LogP contribution in [0.2, 0.25) is 26.7 Å². The lowest BCUT2D eigenvalue weighted by molar-refractivity contribution is -0.0445. The van der Waals surface area contributed by atoms with Crippen LogP contribution >= 0.6 is 23.2 Å². The van der Waals surface area contributed by atoms with Gasteiger partial charge in [-0.05, 0) is 47.2 Å². The van der Waals surface area contributed by atoms with Crippen LogP contribution in [0.1, 0.15) is 59.1 Å². The monoisotopic (exact) mass is 515 g/mol. The molecule has 0 bridgehead atoms. The standard InChI is InChI=1S/C21H30Cl2F3NO2SSi/c1-13(2)31(14(3)4,15(5)6)10-9-16-11-17(22)12-19(23)18(16)7-8-20(27)30(28,29)21(24,25)26/h11-15,20H,7-8,27H2,1-6H3. The minimum atomic E-state index is -5.47. The number of sulfone groups is 1. The molecule has 1 aromatic carbocycles. The van der Waals surface area contributed by atoms with Gasteiger partial charge in [-0.15, -0.1) is 5.54 Å². The van der Waals surface area contributed by atoms with Crippen LogP contribution in [0.15, 0.2) is 12.1 Å². The topological polar surface area (TPSA) is 60.2 Å². The third-order valence-electron chi connectivity index (χ3n) is 5.84. The smallest absolute Gasteiger partial charge is 0.315 e. The number of benzene rings is 1. The molecular weight excluding hydrogens is 486 g/mol. The number of rotatable bonds is 7. The van der Waals surface area contributed by atoms with Crippen LogP contribution in [0.25, 0.3) is 0 Å². The second-order valence-electron chi connectivity index (χ2n) is 8.63. The number of alkyl halides is 3. The molecule has 0 spiro atoms. The first-order valence-corrected chi connectivity index (χ1v) is 14.6. The summed E-state index contributed by atoms with van der Waals surface area (Å²) < 4.78 is 61.4. The van der Waals surface area contributed by atoms with Crippen molar-refractivity contribution in [2.75, 3.05) is 0 Å². The SMILES string of the molecule is CC(C)[Si](C#Cc1cc(Cl)cc(Cl)c1CCC(N)S(=O)(=O)C(F)(F)F)(C(C)C)C(C)C. The highest BCUT2D eigenvalue weighted by atomic mass is 35.5. The molecular formula is C21H30Cl2F3NO2SSi. The van der Waals surface area contributed by atoms with E-state index in [-0.39, 0.29) is 11.4 Å². The van der Waals surface area contributed by atoms with Crippen LogP contribution in [-0.2, 0) is 16.3 Å². The molecule has 2 N–H and O–H groups in total. The van der Waals surface area contributed by atoms with Crippen molar-refractivity contribution in [2.24, 2.45) is 5.73 Å². The van der Waals surface area contributed by atoms with Crippen molar-refractivity contribution in [3.8, 4) is 11.5 Å². The molecule has 1 rings (SSSR count). The Morgan fingerprint density at radius 1 is 1.03 bits per heavy atom. The molecule has 1 atom stereocenters. The molecule has 0 heterocycles. The minimum Gasteiger partial charge on any atom is -0.315 e. The Balaban J connectivity index is 3.44. The van der Waals surface area contributed by atoms with Gasteiger partial charge in [-0.1, -0.05) is 70.7 Å². The molecule has 0 saturated heterocycles. The maximum atomic E-state index is 12.8. The maximum absolute atomic E-state index is 12.8. The van der Waals surface area contributed by atoms with E-state index in [1.54, 1.807) is 6.07 Å². The highest BCUT2D eigenvalue weighted by Crippen LogP contribution is 2.41. The average molecular weight is 517 g/mol. The molecule has 31 heavy (non-hydrogen) atoms. The number of nitrogens with two attached hydrogens (primary N) is 1. The van der Waals surface area contributed by atoms with E-state index in [2.05, 4.69) is 53.0 Å². The Hall–Kier alpha value is -0.723. The Bertz CT molecular complexity index is 930. The summed E-state index contributed by atoms with van der Waals surface area (Å²) in [6.07, 6.45) is -0.519. The highest BCUT2D eigenvalue weighted by molar-refractivity contribution is 7.92. The van der Waals surface area contributed by atoms with Crippen LogP contribution in [0.4, 0.5) is 13.2 Å². The molecule has 3 nitrogen and oxygen atoms in total. The first-order valence-electron chi connectivity index (χ1n) is 10.0. The van der Waals surface area contributed by atoms with E-state index in [1.165, 1.54) is 6.07 Å². The first kappa shape index (κ1) is 28.3. The fourth-order valence-corrected chi connectivity index (χ4v) is 10.8. The zero-order valence-electron chi connectivity index (χ0n) is 18.6. The van der Waals surface area contributed by atoms with E-state index in [0.717, 1.165) is 0 Å².